The first-order valence-electron chi connectivity index (χ1n) is 7.27. The Labute approximate surface area is 140 Å². The van der Waals surface area contributed by atoms with Crippen LogP contribution in [-0.4, -0.2) is 31.1 Å². The van der Waals surface area contributed by atoms with Gasteiger partial charge in [0, 0.05) is 11.6 Å². The van der Waals surface area contributed by atoms with Crippen molar-refractivity contribution in [3.8, 4) is 5.75 Å². The lowest BCUT2D eigenvalue weighted by Crippen LogP contribution is -2.17. The van der Waals surface area contributed by atoms with Crippen LogP contribution >= 0.6 is 0 Å². The molecule has 0 amide bonds. The van der Waals surface area contributed by atoms with Gasteiger partial charge in [-0.05, 0) is 37.6 Å². The lowest BCUT2D eigenvalue weighted by molar-refractivity contribution is -0.147. The Balaban J connectivity index is 2.58. The van der Waals surface area contributed by atoms with Crippen molar-refractivity contribution in [2.24, 2.45) is 0 Å². The monoisotopic (exact) mass is 332 g/mol. The molecule has 0 bridgehead atoms. The van der Waals surface area contributed by atoms with E-state index >= 15 is 0 Å². The second-order valence-electron chi connectivity index (χ2n) is 5.13. The molecule has 128 valence electrons. The molecule has 0 aliphatic rings. The average Bonchev–Trinajstić information content (AvgIpc) is 2.52. The van der Waals surface area contributed by atoms with Crippen molar-refractivity contribution in [3.05, 3.63) is 48.1 Å². The Bertz CT molecular complexity index is 640. The zero-order valence-corrected chi connectivity index (χ0v) is 13.9. The number of esters is 3. The van der Waals surface area contributed by atoms with Crippen LogP contribution in [0.1, 0.15) is 25.8 Å². The zero-order valence-electron chi connectivity index (χ0n) is 13.9. The molecule has 6 nitrogen and oxygen atoms in total. The van der Waals surface area contributed by atoms with Crippen molar-refractivity contribution in [2.45, 2.75) is 26.4 Å². The molecule has 0 aromatic heterocycles. The van der Waals surface area contributed by atoms with Gasteiger partial charge in [-0.25, -0.2) is 9.59 Å². The van der Waals surface area contributed by atoms with E-state index < -0.39 is 17.9 Å². The summed E-state index contributed by atoms with van der Waals surface area (Å²) in [6.45, 7) is 6.97. The SMILES string of the molecule is C=C(CC(=O)OC(C)C)C(=O)Oc1ccc(/C=C/C(=O)OC)cc1. The number of methoxy groups -OCH3 is 1. The molecule has 6 heteroatoms. The molecule has 0 unspecified atom stereocenters. The quantitative estimate of drug-likeness (QED) is 0.434. The van der Waals surface area contributed by atoms with Crippen LogP contribution in [0, 0.1) is 0 Å². The van der Waals surface area contributed by atoms with Gasteiger partial charge >= 0.3 is 17.9 Å². The van der Waals surface area contributed by atoms with E-state index in [1.54, 1.807) is 44.2 Å². The number of hydrogen-bond donors (Lipinski definition) is 0. The Hall–Kier alpha value is -2.89. The third kappa shape index (κ3) is 6.91. The number of benzene rings is 1. The Morgan fingerprint density at radius 3 is 2.33 bits per heavy atom. The highest BCUT2D eigenvalue weighted by Gasteiger charge is 2.15. The predicted molar refractivity (Wildman–Crippen MR) is 88.1 cm³/mol. The fourth-order valence-electron chi connectivity index (χ4n) is 1.61. The van der Waals surface area contributed by atoms with Gasteiger partial charge in [0.15, 0.2) is 0 Å². The first-order chi connectivity index (χ1) is 11.3. The normalized spacial score (nSPS) is 10.5. The summed E-state index contributed by atoms with van der Waals surface area (Å²) >= 11 is 0. The number of carbonyl (C=O) groups excluding carboxylic acids is 3. The van der Waals surface area contributed by atoms with Crippen molar-refractivity contribution in [1.82, 2.24) is 0 Å². The van der Waals surface area contributed by atoms with Crippen molar-refractivity contribution in [3.63, 3.8) is 0 Å². The highest BCUT2D eigenvalue weighted by Crippen LogP contribution is 2.15. The Morgan fingerprint density at radius 2 is 1.79 bits per heavy atom. The van der Waals surface area contributed by atoms with Crippen molar-refractivity contribution < 1.29 is 28.6 Å². The van der Waals surface area contributed by atoms with Gasteiger partial charge in [-0.2, -0.15) is 0 Å². The van der Waals surface area contributed by atoms with E-state index in [0.29, 0.717) is 5.75 Å². The van der Waals surface area contributed by atoms with Gasteiger partial charge in [-0.3, -0.25) is 4.79 Å². The van der Waals surface area contributed by atoms with Crippen LogP contribution in [-0.2, 0) is 23.9 Å². The largest absolute Gasteiger partial charge is 0.466 e. The van der Waals surface area contributed by atoms with Crippen molar-refractivity contribution >= 4 is 24.0 Å². The lowest BCUT2D eigenvalue weighted by Gasteiger charge is -2.09. The van der Waals surface area contributed by atoms with Gasteiger partial charge in [0.25, 0.3) is 0 Å². The molecule has 24 heavy (non-hydrogen) atoms. The van der Waals surface area contributed by atoms with E-state index in [1.807, 2.05) is 0 Å². The fraction of sp³-hybridized carbons (Fsp3) is 0.278. The first kappa shape index (κ1) is 19.2. The van der Waals surface area contributed by atoms with E-state index in [9.17, 15) is 14.4 Å². The zero-order chi connectivity index (χ0) is 18.1. The van der Waals surface area contributed by atoms with Crippen LogP contribution in [0.25, 0.3) is 6.08 Å². The first-order valence-corrected chi connectivity index (χ1v) is 7.27. The van der Waals surface area contributed by atoms with E-state index in [0.717, 1.165) is 5.56 Å². The third-order valence-corrected chi connectivity index (χ3v) is 2.72. The molecule has 1 aromatic carbocycles. The topological polar surface area (TPSA) is 78.9 Å². The maximum Gasteiger partial charge on any atom is 0.339 e. The molecule has 0 spiro atoms. The molecule has 1 aromatic rings. The Morgan fingerprint density at radius 1 is 1.17 bits per heavy atom. The van der Waals surface area contributed by atoms with E-state index in [2.05, 4.69) is 11.3 Å². The van der Waals surface area contributed by atoms with Crippen LogP contribution in [0.3, 0.4) is 0 Å². The highest BCUT2D eigenvalue weighted by atomic mass is 16.5. The number of carbonyl (C=O) groups is 3. The van der Waals surface area contributed by atoms with Gasteiger partial charge in [0.05, 0.1) is 19.6 Å². The maximum absolute atomic E-state index is 11.9. The summed E-state index contributed by atoms with van der Waals surface area (Å²) in [5, 5.41) is 0. The highest BCUT2D eigenvalue weighted by molar-refractivity contribution is 5.94. The van der Waals surface area contributed by atoms with Gasteiger partial charge in [0.1, 0.15) is 5.75 Å². The minimum absolute atomic E-state index is 0.00955. The lowest BCUT2D eigenvalue weighted by atomic mass is 10.2. The van der Waals surface area contributed by atoms with Crippen LogP contribution in [0.4, 0.5) is 0 Å². The summed E-state index contributed by atoms with van der Waals surface area (Å²) in [6, 6.07) is 6.46. The molecule has 0 aliphatic carbocycles. The molecule has 0 radical (unpaired) electrons. The maximum atomic E-state index is 11.9. The number of hydrogen-bond acceptors (Lipinski definition) is 6. The van der Waals surface area contributed by atoms with Gasteiger partial charge in [-0.1, -0.05) is 18.7 Å². The van der Waals surface area contributed by atoms with E-state index in [1.165, 1.54) is 13.2 Å². The standard InChI is InChI=1S/C18H20O6/c1-12(2)23-17(20)11-13(3)18(21)24-15-8-5-14(6-9-15)7-10-16(19)22-4/h5-10,12H,3,11H2,1-2,4H3/b10-7+. The van der Waals surface area contributed by atoms with E-state index in [-0.39, 0.29) is 18.1 Å². The summed E-state index contributed by atoms with van der Waals surface area (Å²) in [7, 11) is 1.29. The smallest absolute Gasteiger partial charge is 0.339 e. The molecule has 0 saturated heterocycles. The molecule has 0 heterocycles. The molecule has 0 saturated carbocycles. The van der Waals surface area contributed by atoms with Crippen LogP contribution in [0.2, 0.25) is 0 Å². The van der Waals surface area contributed by atoms with Gasteiger partial charge < -0.3 is 14.2 Å². The van der Waals surface area contributed by atoms with E-state index in [4.69, 9.17) is 9.47 Å². The summed E-state index contributed by atoms with van der Waals surface area (Å²) in [6.07, 6.45) is 2.37. The average molecular weight is 332 g/mol. The molecule has 0 atom stereocenters. The molecular weight excluding hydrogens is 312 g/mol. The molecule has 0 N–H and O–H groups in total. The molecule has 0 aliphatic heterocycles. The molecule has 1 rings (SSSR count). The second kappa shape index (κ2) is 9.29. The summed E-state index contributed by atoms with van der Waals surface area (Å²) in [5.41, 5.74) is 0.745. The van der Waals surface area contributed by atoms with Gasteiger partial charge in [0.2, 0.25) is 0 Å². The summed E-state index contributed by atoms with van der Waals surface area (Å²) in [5.74, 6) is -1.40. The van der Waals surface area contributed by atoms with Gasteiger partial charge in [-0.15, -0.1) is 0 Å². The predicted octanol–water partition coefficient (Wildman–Crippen LogP) is 2.68. The van der Waals surface area contributed by atoms with Crippen LogP contribution in [0.5, 0.6) is 5.75 Å². The fourth-order valence-corrected chi connectivity index (χ4v) is 1.61. The minimum Gasteiger partial charge on any atom is -0.466 e. The third-order valence-electron chi connectivity index (χ3n) is 2.72. The van der Waals surface area contributed by atoms with Crippen molar-refractivity contribution in [1.29, 1.82) is 0 Å². The number of rotatable bonds is 7. The summed E-state index contributed by atoms with van der Waals surface area (Å²) in [4.78, 5) is 34.4. The van der Waals surface area contributed by atoms with Crippen molar-refractivity contribution in [2.75, 3.05) is 7.11 Å². The summed E-state index contributed by atoms with van der Waals surface area (Å²) < 4.78 is 14.5. The molecular formula is C18H20O6. The molecule has 0 fully saturated rings. The Kier molecular flexibility index (Phi) is 7.42. The van der Waals surface area contributed by atoms with Crippen LogP contribution < -0.4 is 4.74 Å². The number of ether oxygens (including phenoxy) is 3. The van der Waals surface area contributed by atoms with Crippen LogP contribution in [0.15, 0.2) is 42.5 Å². The minimum atomic E-state index is -0.700. The second-order valence-corrected chi connectivity index (χ2v) is 5.13.